The van der Waals surface area contributed by atoms with E-state index in [1.165, 1.54) is 17.3 Å². The largest absolute Gasteiger partial charge is 0.408 e. The summed E-state index contributed by atoms with van der Waals surface area (Å²) in [6.07, 6.45) is 10.1. The molecule has 0 amide bonds. The first-order valence-corrected chi connectivity index (χ1v) is 27.6. The van der Waals surface area contributed by atoms with Gasteiger partial charge in [0, 0.05) is 23.5 Å². The summed E-state index contributed by atoms with van der Waals surface area (Å²) in [6.45, 7) is 21.5. The van der Waals surface area contributed by atoms with Crippen LogP contribution < -0.4 is 17.1 Å². The summed E-state index contributed by atoms with van der Waals surface area (Å²) in [4.78, 5) is 37.9. The lowest BCUT2D eigenvalue weighted by molar-refractivity contribution is -0.225. The Labute approximate surface area is 355 Å². The number of aromatic nitrogens is 7. The zero-order valence-corrected chi connectivity index (χ0v) is 39.2. The van der Waals surface area contributed by atoms with Gasteiger partial charge in [-0.05, 0) is 88.6 Å². The molecule has 6 aliphatic rings. The van der Waals surface area contributed by atoms with Gasteiger partial charge in [-0.3, -0.25) is 9.13 Å². The van der Waals surface area contributed by atoms with Crippen molar-refractivity contribution in [3.05, 3.63) is 57.1 Å². The van der Waals surface area contributed by atoms with Crippen LogP contribution in [0.4, 0.5) is 5.82 Å². The first-order valence-electron chi connectivity index (χ1n) is 22.6. The Morgan fingerprint density at radius 3 is 1.50 bits per heavy atom. The van der Waals surface area contributed by atoms with Gasteiger partial charge in [-0.1, -0.05) is 55.4 Å². The number of nitrogens with zero attached hydrogens (tertiary/aromatic N) is 7. The molecule has 4 aliphatic heterocycles. The highest BCUT2D eigenvalue weighted by Gasteiger charge is 2.80. The molecule has 2 saturated carbocycles. The Balaban J connectivity index is 0.000000168. The standard InChI is InChI=1S/C22H33N5O4Si.C20H33N3O4Si/c1-6-22-17(31-32(7-2,8-3)9-4)16(29-21(22)10-11-21)19(30-22)26-12-15(5)18(25-20(26)28)27-14-23-13-24-27;1-6-20-15(27-28(7-2,8-3)9-4)14(25-19(20)10-11-19)17(26-20)23-12-13(5)16(21)22-18(23)24/h12-14,16-17,19H,6-11H2,1-5H3;12,14-15,17H,6-11H2,1-5H3,(H2,21,22,24)/t16-,17?,19+,22+;14-,15?,17+,20+/m00/s1. The monoisotopic (exact) mass is 866 g/mol. The highest BCUT2D eigenvalue weighted by molar-refractivity contribution is 6.74. The molecule has 8 atom stereocenters. The van der Waals surface area contributed by atoms with E-state index in [4.69, 9.17) is 33.5 Å². The van der Waals surface area contributed by atoms with Crippen LogP contribution in [0.2, 0.25) is 36.3 Å². The number of rotatable bonds is 15. The summed E-state index contributed by atoms with van der Waals surface area (Å²) in [5, 5.41) is 4.11. The second-order valence-electron chi connectivity index (χ2n) is 18.0. The molecule has 0 aromatic carbocycles. The number of fused-ring (bicyclic) bond motifs is 6. The van der Waals surface area contributed by atoms with Crippen LogP contribution in [-0.2, 0) is 27.8 Å². The average Bonchev–Trinajstić information content (AvgIpc) is 3.99. The van der Waals surface area contributed by atoms with E-state index < -0.39 is 46.0 Å². The molecule has 3 aromatic heterocycles. The van der Waals surface area contributed by atoms with Gasteiger partial charge in [0.1, 0.15) is 65.3 Å². The minimum Gasteiger partial charge on any atom is -0.408 e. The van der Waals surface area contributed by atoms with E-state index >= 15 is 0 Å². The maximum atomic E-state index is 13.1. The van der Waals surface area contributed by atoms with Gasteiger partial charge in [0.25, 0.3) is 0 Å². The molecular weight excluding hydrogens is 801 g/mol. The normalized spacial score (nSPS) is 31.6. The Morgan fingerprint density at radius 1 is 0.683 bits per heavy atom. The van der Waals surface area contributed by atoms with Gasteiger partial charge < -0.3 is 33.5 Å². The maximum Gasteiger partial charge on any atom is 0.351 e. The molecule has 2 spiro atoms. The van der Waals surface area contributed by atoms with Crippen LogP contribution in [0.15, 0.2) is 34.6 Å². The summed E-state index contributed by atoms with van der Waals surface area (Å²) < 4.78 is 45.4. The molecule has 2 N–H and O–H groups in total. The van der Waals surface area contributed by atoms with Crippen LogP contribution in [0, 0.1) is 13.8 Å². The van der Waals surface area contributed by atoms with Gasteiger partial charge in [-0.2, -0.15) is 15.1 Å². The van der Waals surface area contributed by atoms with E-state index in [0.717, 1.165) is 85.9 Å². The lowest BCUT2D eigenvalue weighted by atomic mass is 9.88. The number of nitrogens with two attached hydrogens (primary N) is 1. The molecule has 9 rings (SSSR count). The summed E-state index contributed by atoms with van der Waals surface area (Å²) >= 11 is 0. The molecule has 4 bridgehead atoms. The molecule has 60 heavy (non-hydrogen) atoms. The van der Waals surface area contributed by atoms with Crippen molar-refractivity contribution in [1.82, 2.24) is 33.9 Å². The molecule has 0 radical (unpaired) electrons. The third-order valence-corrected chi connectivity index (χ3v) is 24.8. The number of anilines is 1. The van der Waals surface area contributed by atoms with Crippen molar-refractivity contribution in [2.45, 2.75) is 203 Å². The highest BCUT2D eigenvalue weighted by Crippen LogP contribution is 2.68. The Bertz CT molecular complexity index is 2150. The van der Waals surface area contributed by atoms with Gasteiger partial charge in [-0.15, -0.1) is 0 Å². The molecule has 4 saturated heterocycles. The highest BCUT2D eigenvalue weighted by atomic mass is 28.4. The quantitative estimate of drug-likeness (QED) is 0.169. The fraction of sp³-hybridized carbons (Fsp3) is 0.762. The predicted molar refractivity (Wildman–Crippen MR) is 230 cm³/mol. The first-order chi connectivity index (χ1) is 28.7. The average molecular weight is 867 g/mol. The summed E-state index contributed by atoms with van der Waals surface area (Å²) in [6, 6.07) is 6.41. The second-order valence-corrected chi connectivity index (χ2v) is 27.4. The molecule has 6 fully saturated rings. The second kappa shape index (κ2) is 15.6. The Kier molecular flexibility index (Phi) is 11.3. The number of hydrogen-bond donors (Lipinski definition) is 1. The molecule has 2 unspecified atom stereocenters. The minimum atomic E-state index is -1.91. The zero-order valence-electron chi connectivity index (χ0n) is 37.2. The van der Waals surface area contributed by atoms with Gasteiger partial charge in [-0.25, -0.2) is 19.3 Å². The first kappa shape index (κ1) is 43.5. The SMILES string of the molecule is CC[C@]12O[C@@H](n3cc(C)c(-n4cncn4)nc3=O)[C@@H](OC13CC3)C2O[Si](CC)(CC)CC.CC[C@]12O[C@@H](n3cc(C)c(N)nc3=O)[C@@H](OC13CC3)C2O[Si](CC)(CC)CC. The molecule has 16 nitrogen and oxygen atoms in total. The van der Waals surface area contributed by atoms with E-state index in [-0.39, 0.29) is 47.1 Å². The zero-order chi connectivity index (χ0) is 43.0. The number of nitrogen functional groups attached to an aromatic ring is 1. The van der Waals surface area contributed by atoms with E-state index in [1.54, 1.807) is 21.5 Å². The summed E-state index contributed by atoms with van der Waals surface area (Å²) in [5.74, 6) is 0.732. The smallest absolute Gasteiger partial charge is 0.351 e. The van der Waals surface area contributed by atoms with Crippen LogP contribution in [-0.4, -0.2) is 97.3 Å². The minimum absolute atomic E-state index is 0.138. The molecule has 3 aromatic rings. The van der Waals surface area contributed by atoms with Crippen molar-refractivity contribution in [2.75, 3.05) is 5.73 Å². The van der Waals surface area contributed by atoms with Crippen molar-refractivity contribution >= 4 is 22.5 Å². The molecule has 330 valence electrons. The van der Waals surface area contributed by atoms with Gasteiger partial charge >= 0.3 is 11.4 Å². The van der Waals surface area contributed by atoms with E-state index in [9.17, 15) is 9.59 Å². The van der Waals surface area contributed by atoms with Crippen molar-refractivity contribution in [3.63, 3.8) is 0 Å². The van der Waals surface area contributed by atoms with Crippen LogP contribution >= 0.6 is 0 Å². The van der Waals surface area contributed by atoms with E-state index in [2.05, 4.69) is 75.4 Å². The van der Waals surface area contributed by atoms with E-state index in [0.29, 0.717) is 5.82 Å². The third kappa shape index (κ3) is 6.40. The van der Waals surface area contributed by atoms with Crippen molar-refractivity contribution < 1.29 is 27.8 Å². The van der Waals surface area contributed by atoms with Crippen molar-refractivity contribution in [1.29, 1.82) is 0 Å². The predicted octanol–water partition coefficient (Wildman–Crippen LogP) is 6.27. The molecule has 2 aliphatic carbocycles. The number of ether oxygens (including phenoxy) is 4. The summed E-state index contributed by atoms with van der Waals surface area (Å²) in [5.41, 5.74) is 5.08. The lowest BCUT2D eigenvalue weighted by Crippen LogP contribution is -2.53. The van der Waals surface area contributed by atoms with Gasteiger partial charge in [0.15, 0.2) is 34.9 Å². The van der Waals surface area contributed by atoms with Crippen LogP contribution in [0.5, 0.6) is 0 Å². The van der Waals surface area contributed by atoms with Crippen LogP contribution in [0.25, 0.3) is 5.82 Å². The maximum absolute atomic E-state index is 13.1. The topological polar surface area (TPSA) is 182 Å². The van der Waals surface area contributed by atoms with Gasteiger partial charge in [0.05, 0.1) is 0 Å². The van der Waals surface area contributed by atoms with E-state index in [1.807, 2.05) is 13.8 Å². The van der Waals surface area contributed by atoms with Crippen molar-refractivity contribution in [3.8, 4) is 5.82 Å². The van der Waals surface area contributed by atoms with Crippen LogP contribution in [0.3, 0.4) is 0 Å². The Morgan fingerprint density at radius 2 is 1.12 bits per heavy atom. The number of hydrogen-bond acceptors (Lipinski definition) is 13. The number of aryl methyl sites for hydroxylation is 2. The van der Waals surface area contributed by atoms with Crippen LogP contribution in [0.1, 0.15) is 117 Å². The van der Waals surface area contributed by atoms with Crippen molar-refractivity contribution in [2.24, 2.45) is 0 Å². The lowest BCUT2D eigenvalue weighted by Gasteiger charge is -2.40. The Hall–Kier alpha value is -3.11. The summed E-state index contributed by atoms with van der Waals surface area (Å²) in [7, 11) is -3.78. The molecule has 7 heterocycles. The molecular formula is C42H66N8O8Si2. The fourth-order valence-corrected chi connectivity index (χ4v) is 16.8. The molecule has 18 heteroatoms. The van der Waals surface area contributed by atoms with Gasteiger partial charge in [0.2, 0.25) is 0 Å². The fourth-order valence-electron chi connectivity index (χ4n) is 11.1. The third-order valence-electron chi connectivity index (χ3n) is 15.6.